The third kappa shape index (κ3) is 3.42. The highest BCUT2D eigenvalue weighted by atomic mass is 16.5. The van der Waals surface area contributed by atoms with Gasteiger partial charge in [0.1, 0.15) is 11.8 Å². The Kier molecular flexibility index (Phi) is 4.93. The normalized spacial score (nSPS) is 19.2. The average molecular weight is 250 g/mol. The van der Waals surface area contributed by atoms with E-state index in [1.54, 1.807) is 19.5 Å². The van der Waals surface area contributed by atoms with E-state index in [-0.39, 0.29) is 0 Å². The van der Waals surface area contributed by atoms with Crippen LogP contribution in [0.3, 0.4) is 0 Å². The van der Waals surface area contributed by atoms with E-state index < -0.39 is 6.10 Å². The molecule has 0 bridgehead atoms. The van der Waals surface area contributed by atoms with Gasteiger partial charge in [-0.05, 0) is 12.3 Å². The summed E-state index contributed by atoms with van der Waals surface area (Å²) >= 11 is 0. The smallest absolute Gasteiger partial charge is 0.238 e. The number of rotatable bonds is 4. The van der Waals surface area contributed by atoms with Crippen LogP contribution < -0.4 is 4.74 Å². The first-order valence-electron chi connectivity index (χ1n) is 6.84. The Morgan fingerprint density at radius 1 is 1.22 bits per heavy atom. The van der Waals surface area contributed by atoms with Gasteiger partial charge in [-0.25, -0.2) is 4.98 Å². The van der Waals surface area contributed by atoms with Gasteiger partial charge in [-0.15, -0.1) is 0 Å². The number of aliphatic hydroxyl groups is 1. The van der Waals surface area contributed by atoms with E-state index in [2.05, 4.69) is 9.97 Å². The van der Waals surface area contributed by atoms with Gasteiger partial charge < -0.3 is 9.84 Å². The number of hydrogen-bond acceptors (Lipinski definition) is 4. The molecule has 1 atom stereocenters. The predicted octanol–water partition coefficient (Wildman–Crippen LogP) is 2.88. The van der Waals surface area contributed by atoms with Crippen molar-refractivity contribution < 1.29 is 9.84 Å². The molecule has 1 unspecified atom stereocenters. The molecule has 1 saturated carbocycles. The largest absolute Gasteiger partial charge is 0.480 e. The van der Waals surface area contributed by atoms with Crippen LogP contribution in [0.5, 0.6) is 5.88 Å². The quantitative estimate of drug-likeness (QED) is 0.835. The highest BCUT2D eigenvalue weighted by Crippen LogP contribution is 2.32. The maximum Gasteiger partial charge on any atom is 0.238 e. The average Bonchev–Trinajstić information content (AvgIpc) is 2.67. The lowest BCUT2D eigenvalue weighted by Crippen LogP contribution is -2.10. The van der Waals surface area contributed by atoms with Crippen molar-refractivity contribution in [1.29, 1.82) is 0 Å². The molecule has 1 N–H and O–H groups in total. The molecule has 1 aliphatic carbocycles. The van der Waals surface area contributed by atoms with Gasteiger partial charge in [-0.3, -0.25) is 4.98 Å². The van der Waals surface area contributed by atoms with Crippen molar-refractivity contribution in [1.82, 2.24) is 9.97 Å². The van der Waals surface area contributed by atoms with Crippen LogP contribution in [-0.4, -0.2) is 22.2 Å². The fourth-order valence-electron chi connectivity index (χ4n) is 2.75. The molecule has 2 rings (SSSR count). The first kappa shape index (κ1) is 13.3. The molecule has 100 valence electrons. The molecule has 4 nitrogen and oxygen atoms in total. The molecule has 0 radical (unpaired) electrons. The lowest BCUT2D eigenvalue weighted by molar-refractivity contribution is 0.130. The number of hydrogen-bond donors (Lipinski definition) is 1. The Morgan fingerprint density at radius 3 is 2.56 bits per heavy atom. The highest BCUT2D eigenvalue weighted by molar-refractivity contribution is 5.19. The summed E-state index contributed by atoms with van der Waals surface area (Å²) in [5.41, 5.74) is 0.573. The van der Waals surface area contributed by atoms with Crippen molar-refractivity contribution in [3.63, 3.8) is 0 Å². The van der Waals surface area contributed by atoms with E-state index in [1.807, 2.05) is 0 Å². The summed E-state index contributed by atoms with van der Waals surface area (Å²) in [6, 6.07) is 0. The zero-order valence-electron chi connectivity index (χ0n) is 11.0. The van der Waals surface area contributed by atoms with E-state index in [0.29, 0.717) is 17.5 Å². The van der Waals surface area contributed by atoms with Crippen LogP contribution >= 0.6 is 0 Å². The van der Waals surface area contributed by atoms with Crippen LogP contribution in [0.4, 0.5) is 0 Å². The fourth-order valence-corrected chi connectivity index (χ4v) is 2.75. The summed E-state index contributed by atoms with van der Waals surface area (Å²) in [5.74, 6) is 1.05. The van der Waals surface area contributed by atoms with Crippen molar-refractivity contribution in [2.75, 3.05) is 7.11 Å². The van der Waals surface area contributed by atoms with E-state index >= 15 is 0 Å². The Labute approximate surface area is 108 Å². The second-order valence-electron chi connectivity index (χ2n) is 5.06. The number of aliphatic hydroxyl groups excluding tert-OH is 1. The second kappa shape index (κ2) is 6.69. The summed E-state index contributed by atoms with van der Waals surface area (Å²) < 4.78 is 5.15. The van der Waals surface area contributed by atoms with E-state index in [1.165, 1.54) is 38.5 Å². The fraction of sp³-hybridized carbons (Fsp3) is 0.714. The molecule has 0 spiro atoms. The van der Waals surface area contributed by atoms with Gasteiger partial charge in [-0.2, -0.15) is 0 Å². The van der Waals surface area contributed by atoms with Gasteiger partial charge >= 0.3 is 0 Å². The minimum Gasteiger partial charge on any atom is -0.480 e. The topological polar surface area (TPSA) is 55.2 Å². The Balaban J connectivity index is 1.99. The summed E-state index contributed by atoms with van der Waals surface area (Å²) in [5, 5.41) is 10.3. The predicted molar refractivity (Wildman–Crippen MR) is 69.4 cm³/mol. The second-order valence-corrected chi connectivity index (χ2v) is 5.06. The molecule has 0 aliphatic heterocycles. The first-order chi connectivity index (χ1) is 8.81. The monoisotopic (exact) mass is 250 g/mol. The van der Waals surface area contributed by atoms with Crippen LogP contribution in [0.15, 0.2) is 12.4 Å². The molecule has 18 heavy (non-hydrogen) atoms. The third-order valence-electron chi connectivity index (χ3n) is 3.73. The van der Waals surface area contributed by atoms with Crippen LogP contribution in [-0.2, 0) is 0 Å². The molecule has 0 saturated heterocycles. The third-order valence-corrected chi connectivity index (χ3v) is 3.73. The number of nitrogens with zero attached hydrogens (tertiary/aromatic N) is 2. The number of ether oxygens (including phenoxy) is 1. The minimum absolute atomic E-state index is 0.443. The highest BCUT2D eigenvalue weighted by Gasteiger charge is 2.21. The minimum atomic E-state index is -0.559. The van der Waals surface area contributed by atoms with Crippen molar-refractivity contribution in [2.45, 2.75) is 51.0 Å². The molecule has 1 aliphatic rings. The van der Waals surface area contributed by atoms with Gasteiger partial charge in [-0.1, -0.05) is 38.5 Å². The zero-order valence-corrected chi connectivity index (χ0v) is 11.0. The standard InChI is InChI=1S/C14H22N2O2/c1-18-14-13(15-8-9-16-14)12(17)10-11-6-4-2-3-5-7-11/h8-9,11-12,17H,2-7,10H2,1H3. The molecule has 0 amide bonds. The van der Waals surface area contributed by atoms with Gasteiger partial charge in [0.05, 0.1) is 7.11 Å². The summed E-state index contributed by atoms with van der Waals surface area (Å²) in [4.78, 5) is 8.29. The lowest BCUT2D eigenvalue weighted by Gasteiger charge is -2.18. The maximum absolute atomic E-state index is 10.3. The molecular weight excluding hydrogens is 228 g/mol. The maximum atomic E-state index is 10.3. The molecule has 1 aromatic rings. The van der Waals surface area contributed by atoms with Crippen LogP contribution in [0.25, 0.3) is 0 Å². The van der Waals surface area contributed by atoms with Crippen molar-refractivity contribution in [2.24, 2.45) is 5.92 Å². The van der Waals surface area contributed by atoms with Gasteiger partial charge in [0.2, 0.25) is 5.88 Å². The van der Waals surface area contributed by atoms with E-state index in [0.717, 1.165) is 6.42 Å². The van der Waals surface area contributed by atoms with Crippen molar-refractivity contribution in [3.05, 3.63) is 18.1 Å². The lowest BCUT2D eigenvalue weighted by atomic mass is 9.92. The Morgan fingerprint density at radius 2 is 1.89 bits per heavy atom. The Hall–Kier alpha value is -1.16. The van der Waals surface area contributed by atoms with Gasteiger partial charge in [0, 0.05) is 12.4 Å². The molecule has 1 heterocycles. The zero-order chi connectivity index (χ0) is 12.8. The molecule has 1 aromatic heterocycles. The SMILES string of the molecule is COc1nccnc1C(O)CC1CCCCCC1. The Bertz CT molecular complexity index is 363. The van der Waals surface area contributed by atoms with Crippen molar-refractivity contribution >= 4 is 0 Å². The molecule has 4 heteroatoms. The van der Waals surface area contributed by atoms with Crippen molar-refractivity contribution in [3.8, 4) is 5.88 Å². The summed E-state index contributed by atoms with van der Waals surface area (Å²) in [6.07, 6.45) is 11.1. The molecule has 1 fully saturated rings. The van der Waals surface area contributed by atoms with Gasteiger partial charge in [0.15, 0.2) is 0 Å². The molecule has 0 aromatic carbocycles. The summed E-state index contributed by atoms with van der Waals surface area (Å²) in [6.45, 7) is 0. The number of methoxy groups -OCH3 is 1. The number of aromatic nitrogens is 2. The van der Waals surface area contributed by atoms with Crippen LogP contribution in [0, 0.1) is 5.92 Å². The van der Waals surface area contributed by atoms with Crippen LogP contribution in [0.1, 0.15) is 56.7 Å². The summed E-state index contributed by atoms with van der Waals surface area (Å²) in [7, 11) is 1.56. The first-order valence-corrected chi connectivity index (χ1v) is 6.84. The van der Waals surface area contributed by atoms with E-state index in [4.69, 9.17) is 4.74 Å². The van der Waals surface area contributed by atoms with E-state index in [9.17, 15) is 5.11 Å². The molecular formula is C14H22N2O2. The van der Waals surface area contributed by atoms with Gasteiger partial charge in [0.25, 0.3) is 0 Å². The van der Waals surface area contributed by atoms with Crippen LogP contribution in [0.2, 0.25) is 0 Å².